The lowest BCUT2D eigenvalue weighted by Crippen LogP contribution is -2.49. The highest BCUT2D eigenvalue weighted by molar-refractivity contribution is 6.01. The van der Waals surface area contributed by atoms with E-state index in [9.17, 15) is 14.4 Å². The van der Waals surface area contributed by atoms with Crippen molar-refractivity contribution in [3.05, 3.63) is 30.0 Å². The summed E-state index contributed by atoms with van der Waals surface area (Å²) in [6.45, 7) is 0.899. The minimum absolute atomic E-state index is 0.0455. The van der Waals surface area contributed by atoms with Gasteiger partial charge < -0.3 is 30.0 Å². The van der Waals surface area contributed by atoms with Crippen molar-refractivity contribution >= 4 is 28.6 Å². The largest absolute Gasteiger partial charge is 0.496 e. The van der Waals surface area contributed by atoms with Crippen molar-refractivity contribution in [2.24, 2.45) is 5.92 Å². The molecule has 2 fully saturated rings. The van der Waals surface area contributed by atoms with Crippen molar-refractivity contribution in [3.8, 4) is 18.1 Å². The molecule has 4 unspecified atom stereocenters. The van der Waals surface area contributed by atoms with Crippen LogP contribution in [0.1, 0.15) is 29.8 Å². The molecule has 1 aromatic carbocycles. The lowest BCUT2D eigenvalue weighted by molar-refractivity contribution is -0.126. The summed E-state index contributed by atoms with van der Waals surface area (Å²) >= 11 is 0. The number of H-pyrrole nitrogens is 1. The Labute approximate surface area is 192 Å². The lowest BCUT2D eigenvalue weighted by atomic mass is 9.98. The molecule has 2 aliphatic heterocycles. The van der Waals surface area contributed by atoms with Crippen LogP contribution in [0, 0.1) is 18.3 Å². The molecule has 2 aromatic rings. The zero-order chi connectivity index (χ0) is 23.5. The van der Waals surface area contributed by atoms with Gasteiger partial charge in [-0.05, 0) is 31.0 Å². The van der Waals surface area contributed by atoms with Crippen molar-refractivity contribution in [3.63, 3.8) is 0 Å². The number of carbonyl (C=O) groups is 3. The van der Waals surface area contributed by atoms with E-state index in [1.165, 1.54) is 4.90 Å². The van der Waals surface area contributed by atoms with Gasteiger partial charge >= 0.3 is 0 Å². The van der Waals surface area contributed by atoms with E-state index in [4.69, 9.17) is 15.9 Å². The van der Waals surface area contributed by atoms with E-state index in [0.29, 0.717) is 37.3 Å². The van der Waals surface area contributed by atoms with E-state index in [1.807, 2.05) is 18.2 Å². The maximum absolute atomic E-state index is 13.4. The van der Waals surface area contributed by atoms with Crippen molar-refractivity contribution in [1.82, 2.24) is 20.5 Å². The van der Waals surface area contributed by atoms with Gasteiger partial charge in [0.15, 0.2) is 0 Å². The van der Waals surface area contributed by atoms with E-state index in [-0.39, 0.29) is 36.3 Å². The molecule has 174 valence electrons. The summed E-state index contributed by atoms with van der Waals surface area (Å²) in [5, 5.41) is 6.41. The van der Waals surface area contributed by atoms with Crippen LogP contribution < -0.4 is 15.4 Å². The van der Waals surface area contributed by atoms with Crippen molar-refractivity contribution in [2.75, 3.05) is 27.3 Å². The number of benzene rings is 1. The summed E-state index contributed by atoms with van der Waals surface area (Å²) in [6, 6.07) is 5.92. The van der Waals surface area contributed by atoms with E-state index in [1.54, 1.807) is 20.3 Å². The molecule has 3 N–H and O–H groups in total. The number of methoxy groups -OCH3 is 2. The fourth-order valence-electron chi connectivity index (χ4n) is 4.61. The zero-order valence-corrected chi connectivity index (χ0v) is 18.7. The van der Waals surface area contributed by atoms with Gasteiger partial charge in [0.05, 0.1) is 19.3 Å². The number of nitrogens with zero attached hydrogens (tertiary/aromatic N) is 1. The van der Waals surface area contributed by atoms with E-state index in [0.717, 1.165) is 10.9 Å². The standard InChI is InChI=1S/C24H28N4O5/c1-4-15(10-14-8-9-25-22(14)29)26-23(30)20-11-16(32-2)13-28(20)24(31)19-12-17-18(27-19)6-5-7-21(17)33-3/h1,5-7,12,14-16,20,27H,8-11,13H2,2-3H3,(H,25,29)(H,26,30). The molecular weight excluding hydrogens is 424 g/mol. The van der Waals surface area contributed by atoms with E-state index < -0.39 is 12.1 Å². The van der Waals surface area contributed by atoms with Crippen LogP contribution in [0.5, 0.6) is 5.75 Å². The minimum atomic E-state index is -0.732. The Morgan fingerprint density at radius 1 is 1.36 bits per heavy atom. The number of likely N-dealkylation sites (tertiary alicyclic amines) is 1. The van der Waals surface area contributed by atoms with Crippen LogP contribution in [-0.4, -0.2) is 73.1 Å². The summed E-state index contributed by atoms with van der Waals surface area (Å²) in [6.07, 6.45) is 6.78. The lowest BCUT2D eigenvalue weighted by Gasteiger charge is -2.25. The molecule has 2 aliphatic rings. The van der Waals surface area contributed by atoms with Crippen LogP contribution in [0.3, 0.4) is 0 Å². The van der Waals surface area contributed by atoms with Crippen molar-refractivity contribution in [1.29, 1.82) is 0 Å². The molecule has 4 atom stereocenters. The second-order valence-electron chi connectivity index (χ2n) is 8.41. The van der Waals surface area contributed by atoms with Crippen LogP contribution >= 0.6 is 0 Å². The number of amides is 3. The number of hydrogen-bond donors (Lipinski definition) is 3. The van der Waals surface area contributed by atoms with Gasteiger partial charge in [0.1, 0.15) is 17.5 Å². The maximum atomic E-state index is 13.4. The molecule has 9 heteroatoms. The molecule has 0 spiro atoms. The molecule has 4 rings (SSSR count). The number of aromatic nitrogens is 1. The van der Waals surface area contributed by atoms with Crippen LogP contribution in [0.2, 0.25) is 0 Å². The van der Waals surface area contributed by atoms with Gasteiger partial charge in [-0.3, -0.25) is 14.4 Å². The van der Waals surface area contributed by atoms with Crippen LogP contribution in [0.4, 0.5) is 0 Å². The monoisotopic (exact) mass is 452 g/mol. The second kappa shape index (κ2) is 9.55. The number of rotatable bonds is 7. The van der Waals surface area contributed by atoms with Crippen LogP contribution in [-0.2, 0) is 14.3 Å². The van der Waals surface area contributed by atoms with Gasteiger partial charge in [-0.25, -0.2) is 0 Å². The van der Waals surface area contributed by atoms with Gasteiger partial charge in [-0.2, -0.15) is 0 Å². The molecule has 0 bridgehead atoms. The average Bonchev–Trinajstić information content (AvgIpc) is 3.55. The molecule has 2 saturated heterocycles. The number of nitrogens with one attached hydrogen (secondary N) is 3. The highest BCUT2D eigenvalue weighted by Gasteiger charge is 2.41. The predicted molar refractivity (Wildman–Crippen MR) is 122 cm³/mol. The third-order valence-corrected chi connectivity index (χ3v) is 6.43. The molecule has 0 radical (unpaired) electrons. The number of aromatic amines is 1. The number of hydrogen-bond acceptors (Lipinski definition) is 5. The Hall–Kier alpha value is -3.51. The Morgan fingerprint density at radius 2 is 2.18 bits per heavy atom. The Balaban J connectivity index is 1.52. The molecule has 3 heterocycles. The summed E-state index contributed by atoms with van der Waals surface area (Å²) in [7, 11) is 3.13. The highest BCUT2D eigenvalue weighted by atomic mass is 16.5. The maximum Gasteiger partial charge on any atom is 0.271 e. The number of ether oxygens (including phenoxy) is 2. The topological polar surface area (TPSA) is 113 Å². The SMILES string of the molecule is C#CC(CC1CCNC1=O)NC(=O)C1CC(OC)CN1C(=O)c1cc2c(OC)cccc2[nH]1. The smallest absolute Gasteiger partial charge is 0.271 e. The fraction of sp³-hybridized carbons (Fsp3) is 0.458. The third kappa shape index (κ3) is 4.52. The quantitative estimate of drug-likeness (QED) is 0.544. The number of terminal acetylenes is 1. The molecule has 9 nitrogen and oxygen atoms in total. The molecular formula is C24H28N4O5. The molecule has 0 saturated carbocycles. The zero-order valence-electron chi connectivity index (χ0n) is 18.7. The average molecular weight is 453 g/mol. The first kappa shape index (κ1) is 22.7. The van der Waals surface area contributed by atoms with Gasteiger partial charge in [0, 0.05) is 43.4 Å². The van der Waals surface area contributed by atoms with Gasteiger partial charge in [-0.15, -0.1) is 6.42 Å². The van der Waals surface area contributed by atoms with Crippen LogP contribution in [0.15, 0.2) is 24.3 Å². The minimum Gasteiger partial charge on any atom is -0.496 e. The third-order valence-electron chi connectivity index (χ3n) is 6.43. The summed E-state index contributed by atoms with van der Waals surface area (Å²) in [5.74, 6) is 2.30. The second-order valence-corrected chi connectivity index (χ2v) is 8.41. The Kier molecular flexibility index (Phi) is 6.56. The van der Waals surface area contributed by atoms with Gasteiger partial charge in [-0.1, -0.05) is 12.0 Å². The van der Waals surface area contributed by atoms with Gasteiger partial charge in [0.25, 0.3) is 5.91 Å². The van der Waals surface area contributed by atoms with E-state index in [2.05, 4.69) is 21.5 Å². The summed E-state index contributed by atoms with van der Waals surface area (Å²) in [5.41, 5.74) is 1.13. The number of carbonyl (C=O) groups excluding carboxylic acids is 3. The van der Waals surface area contributed by atoms with Crippen molar-refractivity contribution < 1.29 is 23.9 Å². The molecule has 1 aromatic heterocycles. The first-order valence-corrected chi connectivity index (χ1v) is 11.0. The van der Waals surface area contributed by atoms with Crippen LogP contribution in [0.25, 0.3) is 10.9 Å². The highest BCUT2D eigenvalue weighted by Crippen LogP contribution is 2.29. The molecule has 33 heavy (non-hydrogen) atoms. The van der Waals surface area contributed by atoms with E-state index >= 15 is 0 Å². The fourth-order valence-corrected chi connectivity index (χ4v) is 4.61. The van der Waals surface area contributed by atoms with Crippen molar-refractivity contribution in [2.45, 2.75) is 37.5 Å². The first-order chi connectivity index (χ1) is 15.9. The number of fused-ring (bicyclic) bond motifs is 1. The Bertz CT molecular complexity index is 1100. The normalized spacial score (nSPS) is 23.2. The predicted octanol–water partition coefficient (Wildman–Crippen LogP) is 1.05. The summed E-state index contributed by atoms with van der Waals surface area (Å²) < 4.78 is 10.8. The molecule has 3 amide bonds. The first-order valence-electron chi connectivity index (χ1n) is 11.0. The Morgan fingerprint density at radius 3 is 2.85 bits per heavy atom. The van der Waals surface area contributed by atoms with Gasteiger partial charge in [0.2, 0.25) is 11.8 Å². The molecule has 0 aliphatic carbocycles. The summed E-state index contributed by atoms with van der Waals surface area (Å²) in [4.78, 5) is 43.1.